The second-order valence-electron chi connectivity index (χ2n) is 8.21. The van der Waals surface area contributed by atoms with Crippen molar-refractivity contribution in [3.8, 4) is 0 Å². The lowest BCUT2D eigenvalue weighted by Gasteiger charge is -2.39. The second kappa shape index (κ2) is 6.29. The van der Waals surface area contributed by atoms with Gasteiger partial charge in [0.25, 0.3) is 5.56 Å². The number of carbonyl (C=O) groups is 1. The molecule has 0 fully saturated rings. The summed E-state index contributed by atoms with van der Waals surface area (Å²) < 4.78 is 15.0. The number of hydrogen-bond donors (Lipinski definition) is 2. The number of Topliss-reactive ketones (excluding diaryl/α,β-unsaturated/α-hetero) is 1. The van der Waals surface area contributed by atoms with Gasteiger partial charge < -0.3 is 5.32 Å². The van der Waals surface area contributed by atoms with Crippen molar-refractivity contribution < 1.29 is 9.18 Å². The lowest BCUT2D eigenvalue weighted by molar-refractivity contribution is -0.118. The predicted octanol–water partition coefficient (Wildman–Crippen LogP) is 2.90. The van der Waals surface area contributed by atoms with E-state index in [1.165, 1.54) is 16.7 Å². The summed E-state index contributed by atoms with van der Waals surface area (Å²) in [6, 6.07) is 5.82. The molecule has 4 rings (SSSR count). The number of ketones is 1. The highest BCUT2D eigenvalue weighted by Gasteiger charge is 2.42. The minimum Gasteiger partial charge on any atom is -0.344 e. The molecular weight excluding hydrogens is 361 g/mol. The summed E-state index contributed by atoms with van der Waals surface area (Å²) in [5, 5.41) is 3.22. The number of anilines is 1. The average molecular weight is 383 g/mol. The number of carbonyl (C=O) groups excluding carboxylic acids is 1. The van der Waals surface area contributed by atoms with Gasteiger partial charge in [-0.2, -0.15) is 0 Å². The van der Waals surface area contributed by atoms with Crippen LogP contribution >= 0.6 is 0 Å². The maximum Gasteiger partial charge on any atom is 0.329 e. The summed E-state index contributed by atoms with van der Waals surface area (Å²) in [5.41, 5.74) is 0.974. The number of halogens is 1. The highest BCUT2D eigenvalue weighted by atomic mass is 19.1. The Morgan fingerprint density at radius 3 is 2.46 bits per heavy atom. The molecule has 1 aromatic carbocycles. The summed E-state index contributed by atoms with van der Waals surface area (Å²) in [6.45, 7) is 6.21. The Kier molecular flexibility index (Phi) is 4.14. The molecule has 2 heterocycles. The van der Waals surface area contributed by atoms with Crippen molar-refractivity contribution >= 4 is 11.6 Å². The number of hydrogen-bond acceptors (Lipinski definition) is 4. The van der Waals surface area contributed by atoms with Gasteiger partial charge >= 0.3 is 5.69 Å². The van der Waals surface area contributed by atoms with E-state index in [4.69, 9.17) is 0 Å². The van der Waals surface area contributed by atoms with Crippen LogP contribution in [0.3, 0.4) is 0 Å². The van der Waals surface area contributed by atoms with Gasteiger partial charge in [0.15, 0.2) is 5.78 Å². The molecule has 0 unspecified atom stereocenters. The first kappa shape index (κ1) is 18.4. The third-order valence-electron chi connectivity index (χ3n) is 5.52. The molecule has 1 atom stereocenters. The highest BCUT2D eigenvalue weighted by Crippen LogP contribution is 2.47. The van der Waals surface area contributed by atoms with E-state index in [9.17, 15) is 18.8 Å². The molecule has 0 bridgehead atoms. The maximum atomic E-state index is 13.5. The van der Waals surface area contributed by atoms with E-state index in [1.807, 2.05) is 20.8 Å². The molecule has 146 valence electrons. The van der Waals surface area contributed by atoms with Gasteiger partial charge in [0.05, 0.1) is 5.56 Å². The van der Waals surface area contributed by atoms with E-state index >= 15 is 0 Å². The van der Waals surface area contributed by atoms with Crippen LogP contribution in [0.1, 0.15) is 50.7 Å². The zero-order valence-corrected chi connectivity index (χ0v) is 16.1. The van der Waals surface area contributed by atoms with Gasteiger partial charge in [-0.3, -0.25) is 19.1 Å². The minimum absolute atomic E-state index is 0.0348. The molecule has 2 N–H and O–H groups in total. The first-order valence-electron chi connectivity index (χ1n) is 9.37. The van der Waals surface area contributed by atoms with Gasteiger partial charge in [0, 0.05) is 30.2 Å². The lowest BCUT2D eigenvalue weighted by atomic mass is 9.69. The van der Waals surface area contributed by atoms with Gasteiger partial charge in [0.2, 0.25) is 0 Å². The number of fused-ring (bicyclic) bond motifs is 1. The number of nitrogens with zero attached hydrogens (tertiary/aromatic N) is 1. The van der Waals surface area contributed by atoms with Crippen molar-refractivity contribution in [3.05, 3.63) is 73.3 Å². The lowest BCUT2D eigenvalue weighted by Crippen LogP contribution is -2.41. The van der Waals surface area contributed by atoms with Crippen molar-refractivity contribution in [2.24, 2.45) is 5.41 Å². The number of aromatic nitrogens is 2. The van der Waals surface area contributed by atoms with E-state index in [0.29, 0.717) is 41.9 Å². The molecule has 1 aliphatic heterocycles. The number of aromatic amines is 1. The van der Waals surface area contributed by atoms with Crippen molar-refractivity contribution in [3.63, 3.8) is 0 Å². The monoisotopic (exact) mass is 383 g/mol. The Balaban J connectivity index is 2.05. The SMILES string of the molecule is CCn1c2c(c(=O)[nH]c1=O)[C@H](c1ccc(F)cc1)C1=C(CC(C)(C)CC1=O)N2. The summed E-state index contributed by atoms with van der Waals surface area (Å²) in [4.78, 5) is 40.6. The van der Waals surface area contributed by atoms with Crippen LogP contribution in [0.25, 0.3) is 0 Å². The maximum absolute atomic E-state index is 13.5. The third kappa shape index (κ3) is 2.82. The topological polar surface area (TPSA) is 84.0 Å². The first-order valence-corrected chi connectivity index (χ1v) is 9.37. The smallest absolute Gasteiger partial charge is 0.329 e. The van der Waals surface area contributed by atoms with Crippen molar-refractivity contribution in [2.75, 3.05) is 5.32 Å². The van der Waals surface area contributed by atoms with Crippen molar-refractivity contribution in [1.29, 1.82) is 0 Å². The van der Waals surface area contributed by atoms with Crippen LogP contribution in [0.4, 0.5) is 10.2 Å². The number of H-pyrrole nitrogens is 1. The Labute approximate surface area is 161 Å². The van der Waals surface area contributed by atoms with Gasteiger partial charge in [0.1, 0.15) is 11.6 Å². The Hall–Kier alpha value is -2.96. The van der Waals surface area contributed by atoms with E-state index in [2.05, 4.69) is 10.3 Å². The van der Waals surface area contributed by atoms with Crippen molar-refractivity contribution in [1.82, 2.24) is 9.55 Å². The van der Waals surface area contributed by atoms with Crippen LogP contribution in [0.15, 0.2) is 45.1 Å². The molecule has 1 aromatic heterocycles. The summed E-state index contributed by atoms with van der Waals surface area (Å²) >= 11 is 0. The van der Waals surface area contributed by atoms with E-state index < -0.39 is 23.0 Å². The summed E-state index contributed by atoms with van der Waals surface area (Å²) in [7, 11) is 0. The molecule has 7 heteroatoms. The minimum atomic E-state index is -0.641. The van der Waals surface area contributed by atoms with Crippen LogP contribution < -0.4 is 16.6 Å². The largest absolute Gasteiger partial charge is 0.344 e. The Morgan fingerprint density at radius 1 is 1.14 bits per heavy atom. The first-order chi connectivity index (χ1) is 13.2. The molecule has 2 aliphatic rings. The molecular formula is C21H22FN3O3. The van der Waals surface area contributed by atoms with E-state index in [-0.39, 0.29) is 11.2 Å². The van der Waals surface area contributed by atoms with Gasteiger partial charge in [-0.05, 0) is 36.5 Å². The third-order valence-corrected chi connectivity index (χ3v) is 5.52. The zero-order chi connectivity index (χ0) is 20.2. The summed E-state index contributed by atoms with van der Waals surface area (Å²) in [6.07, 6.45) is 0.988. The molecule has 0 amide bonds. The number of rotatable bonds is 2. The van der Waals surface area contributed by atoms with Crippen molar-refractivity contribution in [2.45, 2.75) is 46.1 Å². The van der Waals surface area contributed by atoms with E-state index in [0.717, 1.165) is 5.70 Å². The number of benzene rings is 1. The van der Waals surface area contributed by atoms with Crippen LogP contribution in [0.5, 0.6) is 0 Å². The molecule has 0 spiro atoms. The standard InChI is InChI=1S/C21H22FN3O3/c1-4-25-18-17(19(27)24-20(25)28)15(11-5-7-12(22)8-6-11)16-13(23-18)9-21(2,3)10-14(16)26/h5-8,15,23H,4,9-10H2,1-3H3,(H,24,27,28)/t15-/m1/s1. The molecule has 0 saturated heterocycles. The Morgan fingerprint density at radius 2 is 1.82 bits per heavy atom. The van der Waals surface area contributed by atoms with Gasteiger partial charge in [-0.1, -0.05) is 26.0 Å². The molecule has 0 saturated carbocycles. The van der Waals surface area contributed by atoms with Gasteiger partial charge in [-0.25, -0.2) is 9.18 Å². The number of nitrogens with one attached hydrogen (secondary N) is 2. The molecule has 6 nitrogen and oxygen atoms in total. The van der Waals surface area contributed by atoms with E-state index in [1.54, 1.807) is 12.1 Å². The molecule has 1 aliphatic carbocycles. The molecule has 0 radical (unpaired) electrons. The predicted molar refractivity (Wildman–Crippen MR) is 104 cm³/mol. The average Bonchev–Trinajstić information content (AvgIpc) is 2.60. The second-order valence-corrected chi connectivity index (χ2v) is 8.21. The fourth-order valence-electron chi connectivity index (χ4n) is 4.35. The van der Waals surface area contributed by atoms with Crippen LogP contribution in [-0.2, 0) is 11.3 Å². The summed E-state index contributed by atoms with van der Waals surface area (Å²) in [5.74, 6) is -0.657. The van der Waals surface area contributed by atoms with Gasteiger partial charge in [-0.15, -0.1) is 0 Å². The van der Waals surface area contributed by atoms with Crippen LogP contribution in [-0.4, -0.2) is 15.3 Å². The number of allylic oxidation sites excluding steroid dienone is 2. The fraction of sp³-hybridized carbons (Fsp3) is 0.381. The zero-order valence-electron chi connectivity index (χ0n) is 16.1. The highest BCUT2D eigenvalue weighted by molar-refractivity contribution is 6.01. The Bertz CT molecular complexity index is 1120. The fourth-order valence-corrected chi connectivity index (χ4v) is 4.35. The molecule has 2 aromatic rings. The van der Waals surface area contributed by atoms with Crippen LogP contribution in [0.2, 0.25) is 0 Å². The normalized spacial score (nSPS) is 20.4. The molecule has 28 heavy (non-hydrogen) atoms. The van der Waals surface area contributed by atoms with Crippen LogP contribution in [0, 0.1) is 11.2 Å². The quantitative estimate of drug-likeness (QED) is 0.835.